The molecule has 0 fully saturated rings. The standard InChI is InChI=1S/C12H11ClN6O/c13-11-2-9(3-18-7-14-5-16-18)1-10(12(11)20)4-19-8-15-6-17-19/h1-2,5-8,20H,3-4H2. The van der Waals surface area contributed by atoms with Crippen LogP contribution in [0.2, 0.25) is 5.02 Å². The Balaban J connectivity index is 1.90. The van der Waals surface area contributed by atoms with Crippen LogP contribution in [-0.4, -0.2) is 34.6 Å². The van der Waals surface area contributed by atoms with Gasteiger partial charge in [-0.15, -0.1) is 0 Å². The average Bonchev–Trinajstić information content (AvgIpc) is 3.08. The molecule has 7 nitrogen and oxygen atoms in total. The second-order valence-corrected chi connectivity index (χ2v) is 4.68. The second kappa shape index (κ2) is 5.30. The number of benzene rings is 1. The molecule has 0 unspecified atom stereocenters. The molecule has 2 heterocycles. The predicted molar refractivity (Wildman–Crippen MR) is 71.4 cm³/mol. The minimum Gasteiger partial charge on any atom is -0.506 e. The van der Waals surface area contributed by atoms with Gasteiger partial charge in [-0.25, -0.2) is 19.3 Å². The third kappa shape index (κ3) is 2.62. The molecule has 8 heteroatoms. The molecule has 0 saturated heterocycles. The van der Waals surface area contributed by atoms with E-state index < -0.39 is 0 Å². The van der Waals surface area contributed by atoms with Crippen molar-refractivity contribution in [2.45, 2.75) is 13.1 Å². The molecule has 0 aliphatic heterocycles. The smallest absolute Gasteiger partial charge is 0.139 e. The van der Waals surface area contributed by atoms with Crippen LogP contribution in [0.3, 0.4) is 0 Å². The highest BCUT2D eigenvalue weighted by molar-refractivity contribution is 6.32. The van der Waals surface area contributed by atoms with E-state index >= 15 is 0 Å². The molecule has 1 N–H and O–H groups in total. The van der Waals surface area contributed by atoms with Crippen LogP contribution in [0.4, 0.5) is 0 Å². The van der Waals surface area contributed by atoms with Gasteiger partial charge in [0.05, 0.1) is 18.1 Å². The van der Waals surface area contributed by atoms with Crippen LogP contribution in [0.5, 0.6) is 5.75 Å². The fourth-order valence-electron chi connectivity index (χ4n) is 1.92. The zero-order valence-corrected chi connectivity index (χ0v) is 11.1. The minimum absolute atomic E-state index is 0.0597. The van der Waals surface area contributed by atoms with Crippen molar-refractivity contribution in [2.75, 3.05) is 0 Å². The molecule has 102 valence electrons. The van der Waals surface area contributed by atoms with E-state index in [0.717, 1.165) is 5.56 Å². The Morgan fingerprint density at radius 1 is 1.00 bits per heavy atom. The summed E-state index contributed by atoms with van der Waals surface area (Å²) in [5.74, 6) is 0.0597. The highest BCUT2D eigenvalue weighted by Crippen LogP contribution is 2.29. The lowest BCUT2D eigenvalue weighted by molar-refractivity contribution is 0.463. The molecule has 0 spiro atoms. The summed E-state index contributed by atoms with van der Waals surface area (Å²) < 4.78 is 3.30. The number of halogens is 1. The Hall–Kier alpha value is -2.41. The first-order valence-corrected chi connectivity index (χ1v) is 6.25. The van der Waals surface area contributed by atoms with Crippen molar-refractivity contribution in [3.8, 4) is 5.75 Å². The monoisotopic (exact) mass is 290 g/mol. The molecule has 20 heavy (non-hydrogen) atoms. The molecule has 0 aliphatic rings. The normalized spacial score (nSPS) is 10.8. The Morgan fingerprint density at radius 2 is 1.65 bits per heavy atom. The minimum atomic E-state index is 0.0597. The zero-order chi connectivity index (χ0) is 13.9. The maximum Gasteiger partial charge on any atom is 0.139 e. The molecule has 1 aromatic carbocycles. The number of rotatable bonds is 4. The van der Waals surface area contributed by atoms with Crippen molar-refractivity contribution in [3.05, 3.63) is 53.6 Å². The Bertz CT molecular complexity index is 695. The highest BCUT2D eigenvalue weighted by atomic mass is 35.5. The van der Waals surface area contributed by atoms with Crippen molar-refractivity contribution >= 4 is 11.6 Å². The van der Waals surface area contributed by atoms with Crippen LogP contribution >= 0.6 is 11.6 Å². The molecular formula is C12H11ClN6O. The summed E-state index contributed by atoms with van der Waals surface area (Å²) in [6.45, 7) is 0.932. The van der Waals surface area contributed by atoms with E-state index in [9.17, 15) is 5.11 Å². The number of hydrogen-bond acceptors (Lipinski definition) is 5. The topological polar surface area (TPSA) is 81.6 Å². The van der Waals surface area contributed by atoms with Gasteiger partial charge in [0, 0.05) is 5.56 Å². The van der Waals surface area contributed by atoms with Crippen molar-refractivity contribution in [1.29, 1.82) is 0 Å². The molecule has 0 amide bonds. The van der Waals surface area contributed by atoms with E-state index in [2.05, 4.69) is 20.2 Å². The number of hydrogen-bond donors (Lipinski definition) is 1. The SMILES string of the molecule is Oc1c(Cl)cc(Cn2cncn2)cc1Cn1cncn1. The van der Waals surface area contributed by atoms with Gasteiger partial charge in [-0.1, -0.05) is 11.6 Å². The number of nitrogens with zero attached hydrogens (tertiary/aromatic N) is 6. The van der Waals surface area contributed by atoms with Crippen LogP contribution in [0.15, 0.2) is 37.4 Å². The molecule has 3 aromatic rings. The molecule has 0 saturated carbocycles. The van der Waals surface area contributed by atoms with Gasteiger partial charge in [0.15, 0.2) is 0 Å². The van der Waals surface area contributed by atoms with Gasteiger partial charge in [-0.3, -0.25) is 0 Å². The maximum absolute atomic E-state index is 10.0. The van der Waals surface area contributed by atoms with Crippen molar-refractivity contribution < 1.29 is 5.11 Å². The van der Waals surface area contributed by atoms with E-state index in [-0.39, 0.29) is 5.75 Å². The summed E-state index contributed by atoms with van der Waals surface area (Å²) in [6, 6.07) is 3.58. The van der Waals surface area contributed by atoms with Crippen molar-refractivity contribution in [1.82, 2.24) is 29.5 Å². The Morgan fingerprint density at radius 3 is 2.25 bits per heavy atom. The number of phenols is 1. The van der Waals surface area contributed by atoms with Crippen molar-refractivity contribution in [3.63, 3.8) is 0 Å². The molecule has 3 rings (SSSR count). The second-order valence-electron chi connectivity index (χ2n) is 4.27. The number of aromatic nitrogens is 6. The van der Waals surface area contributed by atoms with Crippen LogP contribution in [0.1, 0.15) is 11.1 Å². The highest BCUT2D eigenvalue weighted by Gasteiger charge is 2.10. The van der Waals surface area contributed by atoms with E-state index in [4.69, 9.17) is 11.6 Å². The summed E-state index contributed by atoms with van der Waals surface area (Å²) in [5, 5.41) is 18.4. The molecule has 0 radical (unpaired) electrons. The van der Waals surface area contributed by atoms with Crippen molar-refractivity contribution in [2.24, 2.45) is 0 Å². The molecular weight excluding hydrogens is 280 g/mol. The Kier molecular flexibility index (Phi) is 3.34. The van der Waals surface area contributed by atoms with Crippen LogP contribution in [-0.2, 0) is 13.1 Å². The fourth-order valence-corrected chi connectivity index (χ4v) is 2.18. The summed E-state index contributed by atoms with van der Waals surface area (Å²) in [4.78, 5) is 7.76. The van der Waals surface area contributed by atoms with Gasteiger partial charge in [0.2, 0.25) is 0 Å². The van der Waals surface area contributed by atoms with Gasteiger partial charge >= 0.3 is 0 Å². The largest absolute Gasteiger partial charge is 0.506 e. The molecule has 0 atom stereocenters. The fraction of sp³-hybridized carbons (Fsp3) is 0.167. The van der Waals surface area contributed by atoms with Crippen LogP contribution < -0.4 is 0 Å². The third-order valence-corrected chi connectivity index (χ3v) is 3.10. The van der Waals surface area contributed by atoms with Gasteiger partial charge in [-0.2, -0.15) is 10.2 Å². The summed E-state index contributed by atoms with van der Waals surface area (Å²) in [6.07, 6.45) is 6.12. The third-order valence-electron chi connectivity index (χ3n) is 2.81. The van der Waals surface area contributed by atoms with Gasteiger partial charge in [0.1, 0.15) is 31.1 Å². The van der Waals surface area contributed by atoms with Gasteiger partial charge < -0.3 is 5.11 Å². The summed E-state index contributed by atoms with van der Waals surface area (Å²) >= 11 is 6.06. The van der Waals surface area contributed by atoms with E-state index in [1.165, 1.54) is 12.7 Å². The molecule has 0 aliphatic carbocycles. The van der Waals surface area contributed by atoms with Gasteiger partial charge in [-0.05, 0) is 17.7 Å². The lowest BCUT2D eigenvalue weighted by Crippen LogP contribution is -2.04. The molecule has 0 bridgehead atoms. The summed E-state index contributed by atoms with van der Waals surface area (Å²) in [7, 11) is 0. The molecule has 2 aromatic heterocycles. The van der Waals surface area contributed by atoms with Gasteiger partial charge in [0.25, 0.3) is 0 Å². The van der Waals surface area contributed by atoms with Crippen LogP contribution in [0.25, 0.3) is 0 Å². The Labute approximate surface area is 119 Å². The van der Waals surface area contributed by atoms with Crippen LogP contribution in [0, 0.1) is 0 Å². The lowest BCUT2D eigenvalue weighted by atomic mass is 10.1. The number of aromatic hydroxyl groups is 1. The first kappa shape index (κ1) is 12.6. The average molecular weight is 291 g/mol. The van der Waals surface area contributed by atoms with E-state index in [1.807, 2.05) is 6.07 Å². The van der Waals surface area contributed by atoms with E-state index in [1.54, 1.807) is 28.1 Å². The van der Waals surface area contributed by atoms with E-state index in [0.29, 0.717) is 23.7 Å². The number of phenolic OH excluding ortho intramolecular Hbond substituents is 1. The lowest BCUT2D eigenvalue weighted by Gasteiger charge is -2.10. The quantitative estimate of drug-likeness (QED) is 0.784. The summed E-state index contributed by atoms with van der Waals surface area (Å²) in [5.41, 5.74) is 1.60. The predicted octanol–water partition coefficient (Wildman–Crippen LogP) is 1.33. The zero-order valence-electron chi connectivity index (χ0n) is 10.4. The first-order valence-electron chi connectivity index (χ1n) is 5.87. The first-order chi connectivity index (χ1) is 9.72. The maximum atomic E-state index is 10.0.